The van der Waals surface area contributed by atoms with Crippen LogP contribution in [0.15, 0.2) is 29.4 Å². The summed E-state index contributed by atoms with van der Waals surface area (Å²) in [7, 11) is 0. The maximum atomic E-state index is 13.1. The van der Waals surface area contributed by atoms with Gasteiger partial charge in [0.15, 0.2) is 0 Å². The number of halogens is 1. The number of esters is 1. The summed E-state index contributed by atoms with van der Waals surface area (Å²) in [6.07, 6.45) is 2.31. The minimum Gasteiger partial charge on any atom is -0.466 e. The van der Waals surface area contributed by atoms with Gasteiger partial charge in [-0.25, -0.2) is 4.39 Å². The summed E-state index contributed by atoms with van der Waals surface area (Å²) in [6, 6.07) is 6.14. The van der Waals surface area contributed by atoms with Gasteiger partial charge in [-0.15, -0.1) is 0 Å². The smallest absolute Gasteiger partial charge is 0.313 e. The van der Waals surface area contributed by atoms with E-state index in [0.717, 1.165) is 24.2 Å². The van der Waals surface area contributed by atoms with Crippen LogP contribution in [0.4, 0.5) is 4.39 Å². The van der Waals surface area contributed by atoms with Gasteiger partial charge >= 0.3 is 5.97 Å². The minimum atomic E-state index is -0.706. The number of likely N-dealkylation sites (tertiary alicyclic amines) is 1. The van der Waals surface area contributed by atoms with E-state index in [1.165, 1.54) is 12.1 Å². The Morgan fingerprint density at radius 1 is 1.36 bits per heavy atom. The van der Waals surface area contributed by atoms with E-state index >= 15 is 0 Å². The summed E-state index contributed by atoms with van der Waals surface area (Å²) in [5.41, 5.74) is 0.860. The highest BCUT2D eigenvalue weighted by atomic mass is 19.1. The highest BCUT2D eigenvalue weighted by Crippen LogP contribution is 2.39. The molecule has 0 bridgehead atoms. The van der Waals surface area contributed by atoms with Crippen LogP contribution in [0.3, 0.4) is 0 Å². The highest BCUT2D eigenvalue weighted by Gasteiger charge is 2.46. The van der Waals surface area contributed by atoms with Gasteiger partial charge in [-0.1, -0.05) is 17.3 Å². The molecule has 0 N–H and O–H groups in total. The molecule has 6 nitrogen and oxygen atoms in total. The van der Waals surface area contributed by atoms with E-state index in [1.807, 2.05) is 4.90 Å². The fraction of sp³-hybridized carbons (Fsp3) is 0.571. The van der Waals surface area contributed by atoms with Crippen molar-refractivity contribution in [3.8, 4) is 0 Å². The fourth-order valence-corrected chi connectivity index (χ4v) is 4.16. The molecular weight excluding hydrogens is 363 g/mol. The van der Waals surface area contributed by atoms with Crippen LogP contribution < -0.4 is 0 Å². The number of hydrogen-bond acceptors (Lipinski definition) is 6. The quantitative estimate of drug-likeness (QED) is 0.670. The molecule has 7 heteroatoms. The van der Waals surface area contributed by atoms with Gasteiger partial charge in [-0.3, -0.25) is 14.5 Å². The predicted octanol–water partition coefficient (Wildman–Crippen LogP) is 2.94. The van der Waals surface area contributed by atoms with Crippen molar-refractivity contribution in [3.05, 3.63) is 35.6 Å². The molecule has 1 aromatic carbocycles. The first-order chi connectivity index (χ1) is 13.4. The fourth-order valence-electron chi connectivity index (χ4n) is 4.16. The maximum Gasteiger partial charge on any atom is 0.313 e. The van der Waals surface area contributed by atoms with Crippen molar-refractivity contribution in [2.45, 2.75) is 45.6 Å². The second kappa shape index (κ2) is 8.82. The zero-order valence-electron chi connectivity index (χ0n) is 16.4. The molecule has 2 aliphatic heterocycles. The molecule has 0 aliphatic carbocycles. The molecule has 0 saturated carbocycles. The molecule has 1 aromatic rings. The van der Waals surface area contributed by atoms with Crippen LogP contribution in [0.1, 0.15) is 45.1 Å². The Labute approximate surface area is 164 Å². The standard InChI is InChI=1S/C21H27FN2O4/c1-3-27-20(26)21(9-4-10-24(14-21)13-15(2)25)12-18-11-19(23-28-18)16-5-7-17(22)8-6-16/h5-8,18H,3-4,9-14H2,1-2H3/t18-,21+/m1/s1. The van der Waals surface area contributed by atoms with Gasteiger partial charge in [0.1, 0.15) is 17.7 Å². The van der Waals surface area contributed by atoms with Crippen molar-refractivity contribution in [2.24, 2.45) is 10.6 Å². The molecule has 28 heavy (non-hydrogen) atoms. The third kappa shape index (κ3) is 4.76. The summed E-state index contributed by atoms with van der Waals surface area (Å²) in [6.45, 7) is 5.29. The zero-order valence-corrected chi connectivity index (χ0v) is 16.4. The lowest BCUT2D eigenvalue weighted by Gasteiger charge is -2.41. The van der Waals surface area contributed by atoms with Gasteiger partial charge in [0.05, 0.1) is 24.3 Å². The van der Waals surface area contributed by atoms with Gasteiger partial charge in [-0.05, 0) is 50.9 Å². The number of ether oxygens (including phenoxy) is 1. The number of benzene rings is 1. The summed E-state index contributed by atoms with van der Waals surface area (Å²) < 4.78 is 18.5. The van der Waals surface area contributed by atoms with Gasteiger partial charge in [0.25, 0.3) is 0 Å². The first-order valence-electron chi connectivity index (χ1n) is 9.79. The summed E-state index contributed by atoms with van der Waals surface area (Å²) >= 11 is 0. The first kappa shape index (κ1) is 20.5. The number of carbonyl (C=O) groups is 2. The number of Topliss-reactive ketones (excluding diaryl/α,β-unsaturated/α-hetero) is 1. The molecule has 0 amide bonds. The van der Waals surface area contributed by atoms with E-state index in [1.54, 1.807) is 26.0 Å². The van der Waals surface area contributed by atoms with Crippen LogP contribution in [0, 0.1) is 11.2 Å². The molecule has 2 atom stereocenters. The van der Waals surface area contributed by atoms with Crippen LogP contribution in [-0.4, -0.2) is 54.7 Å². The second-order valence-electron chi connectivity index (χ2n) is 7.70. The number of hydrogen-bond donors (Lipinski definition) is 0. The Hall–Kier alpha value is -2.28. The van der Waals surface area contributed by atoms with Crippen LogP contribution in [0.25, 0.3) is 0 Å². The average molecular weight is 390 g/mol. The molecule has 0 aromatic heterocycles. The molecule has 2 aliphatic rings. The number of carbonyl (C=O) groups excluding carboxylic acids is 2. The summed E-state index contributed by atoms with van der Waals surface area (Å²) in [4.78, 5) is 32.1. The van der Waals surface area contributed by atoms with Crippen LogP contribution >= 0.6 is 0 Å². The molecule has 0 spiro atoms. The van der Waals surface area contributed by atoms with Gasteiger partial charge in [-0.2, -0.15) is 0 Å². The van der Waals surface area contributed by atoms with Crippen molar-refractivity contribution < 1.29 is 23.6 Å². The van der Waals surface area contributed by atoms with Crippen LogP contribution in [0.5, 0.6) is 0 Å². The van der Waals surface area contributed by atoms with Gasteiger partial charge < -0.3 is 9.57 Å². The Balaban J connectivity index is 1.71. The topological polar surface area (TPSA) is 68.2 Å². The Kier molecular flexibility index (Phi) is 6.44. The van der Waals surface area contributed by atoms with Crippen LogP contribution in [-0.2, 0) is 19.2 Å². The second-order valence-corrected chi connectivity index (χ2v) is 7.70. The normalized spacial score (nSPS) is 25.1. The average Bonchev–Trinajstić information content (AvgIpc) is 3.10. The first-order valence-corrected chi connectivity index (χ1v) is 9.79. The summed E-state index contributed by atoms with van der Waals surface area (Å²) in [5.74, 6) is -0.449. The van der Waals surface area contributed by atoms with Crippen LogP contribution in [0.2, 0.25) is 0 Å². The lowest BCUT2D eigenvalue weighted by atomic mass is 9.74. The largest absolute Gasteiger partial charge is 0.466 e. The Morgan fingerprint density at radius 2 is 2.11 bits per heavy atom. The molecule has 2 heterocycles. The third-order valence-electron chi connectivity index (χ3n) is 5.34. The zero-order chi connectivity index (χ0) is 20.1. The Morgan fingerprint density at radius 3 is 2.79 bits per heavy atom. The van der Waals surface area contributed by atoms with E-state index in [2.05, 4.69) is 5.16 Å². The molecule has 0 radical (unpaired) electrons. The van der Waals surface area contributed by atoms with Crippen molar-refractivity contribution in [1.29, 1.82) is 0 Å². The third-order valence-corrected chi connectivity index (χ3v) is 5.34. The number of ketones is 1. The van der Waals surface area contributed by atoms with Gasteiger partial charge in [0, 0.05) is 19.4 Å². The number of oxime groups is 1. The molecule has 1 fully saturated rings. The van der Waals surface area contributed by atoms with E-state index in [-0.39, 0.29) is 23.7 Å². The SMILES string of the molecule is CCOC(=O)[C@]1(C[C@H]2CC(c3ccc(F)cc3)=NO2)CCCN(CC(C)=O)C1. The lowest BCUT2D eigenvalue weighted by molar-refractivity contribution is -0.162. The van der Waals surface area contributed by atoms with Crippen molar-refractivity contribution in [1.82, 2.24) is 4.90 Å². The molecule has 0 unspecified atom stereocenters. The number of nitrogens with zero attached hydrogens (tertiary/aromatic N) is 2. The summed E-state index contributed by atoms with van der Waals surface area (Å²) in [5, 5.41) is 4.16. The van der Waals surface area contributed by atoms with E-state index in [4.69, 9.17) is 9.57 Å². The number of rotatable bonds is 7. The van der Waals surface area contributed by atoms with Crippen molar-refractivity contribution in [2.75, 3.05) is 26.2 Å². The van der Waals surface area contributed by atoms with Crippen molar-refractivity contribution >= 4 is 17.5 Å². The maximum absolute atomic E-state index is 13.1. The molecule has 1 saturated heterocycles. The van der Waals surface area contributed by atoms with E-state index in [9.17, 15) is 14.0 Å². The van der Waals surface area contributed by atoms with E-state index in [0.29, 0.717) is 39.0 Å². The highest BCUT2D eigenvalue weighted by molar-refractivity contribution is 6.01. The molecule has 152 valence electrons. The van der Waals surface area contributed by atoms with Crippen molar-refractivity contribution in [3.63, 3.8) is 0 Å². The predicted molar refractivity (Wildman–Crippen MR) is 102 cm³/mol. The molecular formula is C21H27FN2O4. The molecule has 3 rings (SSSR count). The lowest BCUT2D eigenvalue weighted by Crippen LogP contribution is -2.51. The van der Waals surface area contributed by atoms with E-state index < -0.39 is 5.41 Å². The minimum absolute atomic E-state index is 0.0821. The van der Waals surface area contributed by atoms with Gasteiger partial charge in [0.2, 0.25) is 0 Å². The monoisotopic (exact) mass is 390 g/mol. The Bertz CT molecular complexity index is 749. The number of piperidine rings is 1.